The third kappa shape index (κ3) is 4.97. The normalized spacial score (nSPS) is 17.2. The van der Waals surface area contributed by atoms with Gasteiger partial charge in [0.15, 0.2) is 0 Å². The van der Waals surface area contributed by atoms with Crippen LogP contribution in [0.3, 0.4) is 0 Å². The Balaban J connectivity index is 3.77. The van der Waals surface area contributed by atoms with E-state index in [1.165, 1.54) is 12.8 Å². The van der Waals surface area contributed by atoms with Gasteiger partial charge in [-0.2, -0.15) is 0 Å². The van der Waals surface area contributed by atoms with Crippen LogP contribution in [-0.4, -0.2) is 4.83 Å². The van der Waals surface area contributed by atoms with Gasteiger partial charge in [-0.3, -0.25) is 0 Å². The van der Waals surface area contributed by atoms with Gasteiger partial charge in [-0.15, -0.1) is 0 Å². The van der Waals surface area contributed by atoms with Gasteiger partial charge in [-0.05, 0) is 18.3 Å². The molecule has 0 fully saturated rings. The average Bonchev–Trinajstić information content (AvgIpc) is 2.03. The molecule has 0 aromatic rings. The van der Waals surface area contributed by atoms with Crippen molar-refractivity contribution >= 4 is 15.9 Å². The Morgan fingerprint density at radius 2 is 1.83 bits per heavy atom. The SMILES string of the molecule is CCC/C=C\C(Br)C(C)C(C)C. The van der Waals surface area contributed by atoms with Crippen LogP contribution in [0.1, 0.15) is 40.5 Å². The fourth-order valence-corrected chi connectivity index (χ4v) is 1.76. The number of rotatable bonds is 5. The Hall–Kier alpha value is 0.220. The van der Waals surface area contributed by atoms with Crippen LogP contribution in [0, 0.1) is 11.8 Å². The average molecular weight is 233 g/mol. The monoisotopic (exact) mass is 232 g/mol. The Bertz CT molecular complexity index is 127. The van der Waals surface area contributed by atoms with Gasteiger partial charge in [0.1, 0.15) is 0 Å². The zero-order valence-electron chi connectivity index (χ0n) is 8.68. The summed E-state index contributed by atoms with van der Waals surface area (Å²) in [6, 6.07) is 0. The first-order valence-electron chi connectivity index (χ1n) is 4.90. The van der Waals surface area contributed by atoms with Crippen molar-refractivity contribution < 1.29 is 0 Å². The second-order valence-electron chi connectivity index (χ2n) is 3.76. The van der Waals surface area contributed by atoms with E-state index in [0.717, 1.165) is 11.8 Å². The first-order chi connectivity index (χ1) is 5.59. The number of unbranched alkanes of at least 4 members (excludes halogenated alkanes) is 1. The van der Waals surface area contributed by atoms with Gasteiger partial charge in [0.25, 0.3) is 0 Å². The molecule has 0 aromatic carbocycles. The van der Waals surface area contributed by atoms with Crippen molar-refractivity contribution in [3.63, 3.8) is 0 Å². The smallest absolute Gasteiger partial charge is 0.0353 e. The largest absolute Gasteiger partial charge is 0.0874 e. The molecule has 0 aromatic heterocycles. The summed E-state index contributed by atoms with van der Waals surface area (Å²) in [7, 11) is 0. The lowest BCUT2D eigenvalue weighted by Crippen LogP contribution is -2.14. The van der Waals surface area contributed by atoms with Crippen molar-refractivity contribution in [2.75, 3.05) is 0 Å². The summed E-state index contributed by atoms with van der Waals surface area (Å²) in [6.07, 6.45) is 7.01. The molecule has 0 nitrogen and oxygen atoms in total. The van der Waals surface area contributed by atoms with Crippen LogP contribution in [0.4, 0.5) is 0 Å². The van der Waals surface area contributed by atoms with Gasteiger partial charge >= 0.3 is 0 Å². The molecule has 0 heterocycles. The molecule has 0 bridgehead atoms. The van der Waals surface area contributed by atoms with Crippen molar-refractivity contribution in [3.05, 3.63) is 12.2 Å². The van der Waals surface area contributed by atoms with Crippen LogP contribution >= 0.6 is 15.9 Å². The van der Waals surface area contributed by atoms with Gasteiger partial charge < -0.3 is 0 Å². The molecule has 72 valence electrons. The van der Waals surface area contributed by atoms with E-state index in [4.69, 9.17) is 0 Å². The van der Waals surface area contributed by atoms with Crippen LogP contribution in [-0.2, 0) is 0 Å². The predicted octanol–water partition coefficient (Wildman–Crippen LogP) is 4.40. The van der Waals surface area contributed by atoms with E-state index in [2.05, 4.69) is 55.8 Å². The van der Waals surface area contributed by atoms with Crippen molar-refractivity contribution in [2.45, 2.75) is 45.4 Å². The summed E-state index contributed by atoms with van der Waals surface area (Å²) < 4.78 is 0. The number of hydrogen-bond donors (Lipinski definition) is 0. The third-order valence-electron chi connectivity index (χ3n) is 2.33. The molecule has 12 heavy (non-hydrogen) atoms. The van der Waals surface area contributed by atoms with E-state index in [1.54, 1.807) is 0 Å². The number of allylic oxidation sites excluding steroid dienone is 2. The molecule has 0 aliphatic heterocycles. The van der Waals surface area contributed by atoms with Crippen molar-refractivity contribution in [1.82, 2.24) is 0 Å². The van der Waals surface area contributed by atoms with E-state index in [0.29, 0.717) is 4.83 Å². The van der Waals surface area contributed by atoms with Crippen LogP contribution < -0.4 is 0 Å². The zero-order chi connectivity index (χ0) is 9.56. The Labute approximate surface area is 85.6 Å². The van der Waals surface area contributed by atoms with Gasteiger partial charge in [-0.25, -0.2) is 0 Å². The molecule has 0 saturated heterocycles. The molecule has 0 aliphatic rings. The zero-order valence-corrected chi connectivity index (χ0v) is 10.3. The Morgan fingerprint density at radius 3 is 2.25 bits per heavy atom. The topological polar surface area (TPSA) is 0 Å². The van der Waals surface area contributed by atoms with Crippen LogP contribution in [0.2, 0.25) is 0 Å². The standard InChI is InChI=1S/C11H21Br/c1-5-6-7-8-11(12)10(4)9(2)3/h7-11H,5-6H2,1-4H3/b8-7-. The molecule has 2 unspecified atom stereocenters. The van der Waals surface area contributed by atoms with E-state index >= 15 is 0 Å². The molecule has 0 radical (unpaired) electrons. The molecular weight excluding hydrogens is 212 g/mol. The summed E-state index contributed by atoms with van der Waals surface area (Å²) in [4.78, 5) is 0.545. The maximum Gasteiger partial charge on any atom is 0.0353 e. The van der Waals surface area contributed by atoms with Crippen molar-refractivity contribution in [2.24, 2.45) is 11.8 Å². The Kier molecular flexibility index (Phi) is 6.83. The van der Waals surface area contributed by atoms with Crippen molar-refractivity contribution in [1.29, 1.82) is 0 Å². The molecule has 0 spiro atoms. The Morgan fingerprint density at radius 1 is 1.25 bits per heavy atom. The summed E-state index contributed by atoms with van der Waals surface area (Å²) in [5, 5.41) is 0. The maximum atomic E-state index is 3.69. The molecule has 1 heteroatoms. The van der Waals surface area contributed by atoms with Crippen LogP contribution in [0.5, 0.6) is 0 Å². The minimum atomic E-state index is 0.545. The van der Waals surface area contributed by atoms with Crippen LogP contribution in [0.15, 0.2) is 12.2 Å². The number of halogens is 1. The van der Waals surface area contributed by atoms with E-state index in [9.17, 15) is 0 Å². The highest BCUT2D eigenvalue weighted by Gasteiger charge is 2.13. The molecule has 0 N–H and O–H groups in total. The van der Waals surface area contributed by atoms with Gasteiger partial charge in [0.05, 0.1) is 0 Å². The minimum absolute atomic E-state index is 0.545. The maximum absolute atomic E-state index is 3.69. The highest BCUT2D eigenvalue weighted by Crippen LogP contribution is 2.22. The quantitative estimate of drug-likeness (QED) is 0.487. The summed E-state index contributed by atoms with van der Waals surface area (Å²) in [5.74, 6) is 1.47. The number of alkyl halides is 1. The fourth-order valence-electron chi connectivity index (χ4n) is 0.936. The van der Waals surface area contributed by atoms with Crippen LogP contribution in [0.25, 0.3) is 0 Å². The molecule has 0 amide bonds. The highest BCUT2D eigenvalue weighted by molar-refractivity contribution is 9.09. The van der Waals surface area contributed by atoms with E-state index in [-0.39, 0.29) is 0 Å². The predicted molar refractivity (Wildman–Crippen MR) is 60.8 cm³/mol. The van der Waals surface area contributed by atoms with E-state index in [1.807, 2.05) is 0 Å². The lowest BCUT2D eigenvalue weighted by Gasteiger charge is -2.18. The summed E-state index contributed by atoms with van der Waals surface area (Å²) in [6.45, 7) is 9.04. The second kappa shape index (κ2) is 6.71. The lowest BCUT2D eigenvalue weighted by molar-refractivity contribution is 0.435. The second-order valence-corrected chi connectivity index (χ2v) is 4.82. The van der Waals surface area contributed by atoms with Gasteiger partial charge in [-0.1, -0.05) is 62.2 Å². The van der Waals surface area contributed by atoms with Gasteiger partial charge in [0.2, 0.25) is 0 Å². The molecule has 2 atom stereocenters. The first-order valence-corrected chi connectivity index (χ1v) is 5.81. The van der Waals surface area contributed by atoms with Gasteiger partial charge in [0, 0.05) is 4.83 Å². The number of hydrogen-bond acceptors (Lipinski definition) is 0. The van der Waals surface area contributed by atoms with E-state index < -0.39 is 0 Å². The first kappa shape index (κ1) is 12.2. The minimum Gasteiger partial charge on any atom is -0.0874 e. The highest BCUT2D eigenvalue weighted by atomic mass is 79.9. The molecular formula is C11H21Br. The molecule has 0 rings (SSSR count). The summed E-state index contributed by atoms with van der Waals surface area (Å²) in [5.41, 5.74) is 0. The molecule has 0 aliphatic carbocycles. The molecule has 0 saturated carbocycles. The van der Waals surface area contributed by atoms with Crippen molar-refractivity contribution in [3.8, 4) is 0 Å². The third-order valence-corrected chi connectivity index (χ3v) is 3.47. The lowest BCUT2D eigenvalue weighted by atomic mass is 9.94. The summed E-state index contributed by atoms with van der Waals surface area (Å²) >= 11 is 3.69. The fraction of sp³-hybridized carbons (Fsp3) is 0.818.